The second-order valence-corrected chi connectivity index (χ2v) is 15.8. The van der Waals surface area contributed by atoms with Crippen molar-refractivity contribution in [2.45, 2.75) is 206 Å². The molecule has 0 aromatic rings. The predicted molar refractivity (Wildman–Crippen MR) is 212 cm³/mol. The third-order valence-corrected chi connectivity index (χ3v) is 10.1. The van der Waals surface area contributed by atoms with Crippen LogP contribution in [0.15, 0.2) is 24.3 Å². The molecular formula is C42H76NNa2O10P. The van der Waals surface area contributed by atoms with Gasteiger partial charge in [-0.05, 0) is 64.2 Å². The van der Waals surface area contributed by atoms with Crippen LogP contribution in [0.1, 0.15) is 194 Å². The van der Waals surface area contributed by atoms with E-state index in [9.17, 15) is 28.9 Å². The van der Waals surface area contributed by atoms with Crippen LogP contribution < -0.4 is 74.8 Å². The number of carbonyl (C=O) groups excluding carboxylic acids is 3. The van der Waals surface area contributed by atoms with Crippen LogP contribution >= 0.6 is 7.82 Å². The third kappa shape index (κ3) is 43.5. The van der Waals surface area contributed by atoms with E-state index in [1.54, 1.807) is 0 Å². The average Bonchev–Trinajstić information content (AvgIpc) is 3.14. The van der Waals surface area contributed by atoms with Crippen molar-refractivity contribution in [2.75, 3.05) is 19.8 Å². The van der Waals surface area contributed by atoms with Crippen LogP contribution in [0.4, 0.5) is 0 Å². The summed E-state index contributed by atoms with van der Waals surface area (Å²) in [5.74, 6) is -2.72. The molecule has 1 unspecified atom stereocenters. The summed E-state index contributed by atoms with van der Waals surface area (Å²) in [6, 6.07) is -1.67. The fourth-order valence-corrected chi connectivity index (χ4v) is 6.52. The van der Waals surface area contributed by atoms with Gasteiger partial charge in [-0.2, -0.15) is 0 Å². The Bertz CT molecular complexity index is 1030. The van der Waals surface area contributed by atoms with Gasteiger partial charge in [0.1, 0.15) is 6.61 Å². The quantitative estimate of drug-likeness (QED) is 0.0316. The monoisotopic (exact) mass is 832 g/mol. The first kappa shape index (κ1) is 60.3. The van der Waals surface area contributed by atoms with E-state index in [0.29, 0.717) is 12.8 Å². The second-order valence-electron chi connectivity index (χ2n) is 14.4. The first-order chi connectivity index (χ1) is 26.1. The topological polar surface area (TPSA) is 177 Å². The molecule has 316 valence electrons. The van der Waals surface area contributed by atoms with Gasteiger partial charge >= 0.3 is 71.1 Å². The van der Waals surface area contributed by atoms with E-state index in [0.717, 1.165) is 77.0 Å². The first-order valence-corrected chi connectivity index (χ1v) is 22.8. The second kappa shape index (κ2) is 44.5. The zero-order valence-corrected chi connectivity index (χ0v) is 40.9. The normalized spacial score (nSPS) is 13.5. The molecule has 14 heteroatoms. The Morgan fingerprint density at radius 3 is 1.32 bits per heavy atom. The van der Waals surface area contributed by atoms with Gasteiger partial charge in [0.05, 0.1) is 25.2 Å². The minimum Gasteiger partial charge on any atom is -0.756 e. The number of unbranched alkanes of at least 4 members (excludes halogenated alkanes) is 22. The number of ether oxygens (including phenoxy) is 2. The van der Waals surface area contributed by atoms with Crippen molar-refractivity contribution < 1.29 is 107 Å². The van der Waals surface area contributed by atoms with Crippen molar-refractivity contribution in [1.29, 1.82) is 0 Å². The Hall–Kier alpha value is -0.0400. The maximum atomic E-state index is 12.6. The van der Waals surface area contributed by atoms with Crippen LogP contribution in [0.3, 0.4) is 0 Å². The number of carbonyl (C=O) groups is 3. The Balaban J connectivity index is -0.0000140. The summed E-state index contributed by atoms with van der Waals surface area (Å²) < 4.78 is 32.2. The minimum atomic E-state index is -4.99. The van der Waals surface area contributed by atoms with E-state index < -0.39 is 51.1 Å². The van der Waals surface area contributed by atoms with Crippen molar-refractivity contribution in [2.24, 2.45) is 5.73 Å². The van der Waals surface area contributed by atoms with Gasteiger partial charge in [-0.1, -0.05) is 141 Å². The number of carboxylic acids is 1. The van der Waals surface area contributed by atoms with Gasteiger partial charge in [0.2, 0.25) is 0 Å². The Morgan fingerprint density at radius 2 is 0.911 bits per heavy atom. The number of aliphatic carboxylic acids is 1. The van der Waals surface area contributed by atoms with Crippen LogP contribution in [-0.2, 0) is 37.5 Å². The number of phosphoric acid groups is 1. The van der Waals surface area contributed by atoms with Gasteiger partial charge in [0.15, 0.2) is 6.10 Å². The number of rotatable bonds is 40. The fraction of sp³-hybridized carbons (Fsp3) is 0.833. The van der Waals surface area contributed by atoms with Crippen molar-refractivity contribution >= 4 is 25.7 Å². The molecule has 0 aliphatic rings. The van der Waals surface area contributed by atoms with Crippen LogP contribution in [0.25, 0.3) is 0 Å². The molecule has 0 saturated carbocycles. The van der Waals surface area contributed by atoms with Crippen molar-refractivity contribution in [3.63, 3.8) is 0 Å². The van der Waals surface area contributed by atoms with E-state index >= 15 is 0 Å². The molecule has 3 atom stereocenters. The summed E-state index contributed by atoms with van der Waals surface area (Å²) in [6.07, 6.45) is 37.8. The molecule has 0 aliphatic carbocycles. The number of esters is 2. The molecule has 0 aliphatic heterocycles. The number of carboxylic acid groups (broad SMARTS) is 1. The molecule has 0 aromatic heterocycles. The van der Waals surface area contributed by atoms with E-state index in [2.05, 4.69) is 42.7 Å². The Labute approximate surface area is 385 Å². The van der Waals surface area contributed by atoms with E-state index in [1.807, 2.05) is 0 Å². The van der Waals surface area contributed by atoms with E-state index in [4.69, 9.17) is 19.7 Å². The standard InChI is InChI=1S/C42H78NO10P.2Na/c1-3-5-7-9-11-13-15-17-19-21-23-25-27-29-31-33-40(44)50-35-38(36-51-54(48,49)52-37-39(43)42(46)47)53-41(45)34-32-30-28-26-24-22-20-18-16-14-12-10-8-6-4-2;;/h17-20,38-39H,3-16,21-37,43H2,1-2H3,(H,46,47)(H,48,49);;/q;2*+1/p-2/t38-,39+;;/m1../s1. The molecule has 0 aromatic carbocycles. The molecule has 0 saturated heterocycles. The van der Waals surface area contributed by atoms with Gasteiger partial charge < -0.3 is 39.0 Å². The van der Waals surface area contributed by atoms with E-state index in [1.165, 1.54) is 77.0 Å². The molecule has 11 nitrogen and oxygen atoms in total. The molecular weight excluding hydrogens is 755 g/mol. The summed E-state index contributed by atoms with van der Waals surface area (Å²) >= 11 is 0. The molecule has 0 fully saturated rings. The number of hydrogen-bond donors (Lipinski definition) is 1. The molecule has 0 amide bonds. The zero-order valence-electron chi connectivity index (χ0n) is 36.0. The molecule has 0 rings (SSSR count). The van der Waals surface area contributed by atoms with Crippen molar-refractivity contribution in [3.8, 4) is 0 Å². The minimum absolute atomic E-state index is 0. The number of hydrogen-bond acceptors (Lipinski definition) is 11. The molecule has 2 N–H and O–H groups in total. The average molecular weight is 832 g/mol. The van der Waals surface area contributed by atoms with Gasteiger partial charge in [0, 0.05) is 12.8 Å². The summed E-state index contributed by atoms with van der Waals surface area (Å²) in [7, 11) is -4.99. The van der Waals surface area contributed by atoms with Gasteiger partial charge in [0.25, 0.3) is 7.82 Å². The summed E-state index contributed by atoms with van der Waals surface area (Å²) in [4.78, 5) is 47.9. The van der Waals surface area contributed by atoms with Crippen LogP contribution in [0.2, 0.25) is 0 Å². The Kier molecular flexibility index (Phi) is 47.9. The molecule has 0 heterocycles. The molecule has 56 heavy (non-hydrogen) atoms. The predicted octanol–water partition coefficient (Wildman–Crippen LogP) is 3.10. The number of phosphoric ester groups is 1. The zero-order chi connectivity index (χ0) is 40.0. The third-order valence-electron chi connectivity index (χ3n) is 9.15. The first-order valence-electron chi connectivity index (χ1n) is 21.3. The fourth-order valence-electron chi connectivity index (χ4n) is 5.75. The molecule has 0 spiro atoms. The smallest absolute Gasteiger partial charge is 0.756 e. The van der Waals surface area contributed by atoms with Gasteiger partial charge in [-0.15, -0.1) is 0 Å². The van der Waals surface area contributed by atoms with Crippen molar-refractivity contribution in [3.05, 3.63) is 24.3 Å². The largest absolute Gasteiger partial charge is 1.00 e. The maximum Gasteiger partial charge on any atom is 1.00 e. The summed E-state index contributed by atoms with van der Waals surface area (Å²) in [6.45, 7) is 2.53. The summed E-state index contributed by atoms with van der Waals surface area (Å²) in [5.41, 5.74) is 5.24. The van der Waals surface area contributed by atoms with Crippen LogP contribution in [0.5, 0.6) is 0 Å². The number of nitrogens with two attached hydrogens (primary N) is 1. The van der Waals surface area contributed by atoms with Crippen molar-refractivity contribution in [1.82, 2.24) is 0 Å². The maximum absolute atomic E-state index is 12.6. The van der Waals surface area contributed by atoms with E-state index in [-0.39, 0.29) is 78.6 Å². The Morgan fingerprint density at radius 1 is 0.554 bits per heavy atom. The number of allylic oxidation sites excluding steroid dienone is 4. The van der Waals surface area contributed by atoms with Gasteiger partial charge in [-0.25, -0.2) is 0 Å². The molecule has 0 radical (unpaired) electrons. The van der Waals surface area contributed by atoms with Crippen LogP contribution in [-0.4, -0.2) is 49.9 Å². The SMILES string of the molecule is CCCCCCCCC=CCCCCCCCC(=O)OC[C@H](COP(=O)([O-])OC[C@H](N)C(=O)[O-])OC(=O)CCCCCCCC=CCCCCCCCC.[Na+].[Na+]. The van der Waals surface area contributed by atoms with Crippen LogP contribution in [0, 0.1) is 0 Å². The van der Waals surface area contributed by atoms with Gasteiger partial charge in [-0.3, -0.25) is 14.2 Å². The molecule has 0 bridgehead atoms. The summed E-state index contributed by atoms with van der Waals surface area (Å²) in [5, 5.41) is 10.8.